The van der Waals surface area contributed by atoms with Crippen LogP contribution < -0.4 is 0 Å². The summed E-state index contributed by atoms with van der Waals surface area (Å²) in [7, 11) is 0. The van der Waals surface area contributed by atoms with Gasteiger partial charge in [-0.3, -0.25) is 4.79 Å². The van der Waals surface area contributed by atoms with Gasteiger partial charge in [0.05, 0.1) is 0 Å². The summed E-state index contributed by atoms with van der Waals surface area (Å²) in [6.07, 6.45) is 6.19. The van der Waals surface area contributed by atoms with Crippen molar-refractivity contribution in [1.82, 2.24) is 0 Å². The molecule has 0 radical (unpaired) electrons. The van der Waals surface area contributed by atoms with Crippen molar-refractivity contribution in [3.63, 3.8) is 0 Å². The van der Waals surface area contributed by atoms with Crippen molar-refractivity contribution >= 4 is 5.78 Å². The maximum atomic E-state index is 10.8. The van der Waals surface area contributed by atoms with E-state index in [1.807, 2.05) is 6.08 Å². The van der Waals surface area contributed by atoms with Crippen LogP contribution in [0.1, 0.15) is 26.2 Å². The maximum absolute atomic E-state index is 10.8. The van der Waals surface area contributed by atoms with Crippen LogP contribution in [0.3, 0.4) is 0 Å². The van der Waals surface area contributed by atoms with Crippen molar-refractivity contribution < 1.29 is 9.90 Å². The predicted molar refractivity (Wildman–Crippen MR) is 43.2 cm³/mol. The number of allylic oxidation sites excluding steroid dienone is 2. The molecule has 0 saturated heterocycles. The number of aliphatic hydroxyl groups excluding tert-OH is 1. The Kier molecular flexibility index (Phi) is 2.83. The SMILES string of the molecule is CC(=O)C(O)C1CC=CCC1. The Hall–Kier alpha value is -0.630. The van der Waals surface area contributed by atoms with Crippen molar-refractivity contribution in [3.8, 4) is 0 Å². The third-order valence-electron chi connectivity index (χ3n) is 2.17. The number of carbonyl (C=O) groups is 1. The minimum absolute atomic E-state index is 0.106. The van der Waals surface area contributed by atoms with Crippen LogP contribution in [-0.4, -0.2) is 17.0 Å². The van der Waals surface area contributed by atoms with Gasteiger partial charge in [0.15, 0.2) is 5.78 Å². The van der Waals surface area contributed by atoms with E-state index in [-0.39, 0.29) is 11.7 Å². The molecule has 1 aliphatic rings. The van der Waals surface area contributed by atoms with Crippen molar-refractivity contribution in [2.75, 3.05) is 0 Å². The van der Waals surface area contributed by atoms with E-state index in [4.69, 9.17) is 0 Å². The number of aliphatic hydroxyl groups is 1. The summed E-state index contributed by atoms with van der Waals surface area (Å²) in [4.78, 5) is 10.8. The fraction of sp³-hybridized carbons (Fsp3) is 0.667. The second-order valence-electron chi connectivity index (χ2n) is 3.10. The van der Waals surface area contributed by atoms with Crippen LogP contribution in [0.15, 0.2) is 12.2 Å². The predicted octanol–water partition coefficient (Wildman–Crippen LogP) is 1.29. The second-order valence-corrected chi connectivity index (χ2v) is 3.10. The lowest BCUT2D eigenvalue weighted by Crippen LogP contribution is -2.28. The van der Waals surface area contributed by atoms with Crippen molar-refractivity contribution in [2.24, 2.45) is 5.92 Å². The molecule has 0 spiro atoms. The first-order chi connectivity index (χ1) is 5.22. The summed E-state index contributed by atoms with van der Waals surface area (Å²) >= 11 is 0. The topological polar surface area (TPSA) is 37.3 Å². The van der Waals surface area contributed by atoms with E-state index >= 15 is 0 Å². The first-order valence-corrected chi connectivity index (χ1v) is 4.05. The molecule has 2 unspecified atom stereocenters. The summed E-state index contributed by atoms with van der Waals surface area (Å²) in [6, 6.07) is 0. The average molecular weight is 154 g/mol. The lowest BCUT2D eigenvalue weighted by molar-refractivity contribution is -0.127. The van der Waals surface area contributed by atoms with Gasteiger partial charge in [-0.1, -0.05) is 12.2 Å². The molecule has 1 N–H and O–H groups in total. The molecule has 0 aromatic heterocycles. The van der Waals surface area contributed by atoms with Crippen LogP contribution >= 0.6 is 0 Å². The molecule has 2 atom stereocenters. The standard InChI is InChI=1S/C9H14O2/c1-7(10)9(11)8-5-3-2-4-6-8/h2-3,8-9,11H,4-6H2,1H3. The normalized spacial score (nSPS) is 26.5. The lowest BCUT2D eigenvalue weighted by atomic mass is 9.88. The van der Waals surface area contributed by atoms with Gasteiger partial charge in [-0.15, -0.1) is 0 Å². The molecule has 0 fully saturated rings. The van der Waals surface area contributed by atoms with Gasteiger partial charge < -0.3 is 5.11 Å². The maximum Gasteiger partial charge on any atom is 0.158 e. The van der Waals surface area contributed by atoms with Crippen molar-refractivity contribution in [1.29, 1.82) is 0 Å². The summed E-state index contributed by atoms with van der Waals surface area (Å²) < 4.78 is 0. The quantitative estimate of drug-likeness (QED) is 0.608. The fourth-order valence-corrected chi connectivity index (χ4v) is 1.44. The van der Waals surface area contributed by atoms with Crippen LogP contribution in [0.25, 0.3) is 0 Å². The van der Waals surface area contributed by atoms with E-state index in [9.17, 15) is 9.90 Å². The number of hydrogen-bond acceptors (Lipinski definition) is 2. The third kappa shape index (κ3) is 2.15. The first kappa shape index (κ1) is 8.47. The van der Waals surface area contributed by atoms with Crippen LogP contribution in [0, 0.1) is 5.92 Å². The molecule has 11 heavy (non-hydrogen) atoms. The summed E-state index contributed by atoms with van der Waals surface area (Å²) in [6.45, 7) is 1.45. The molecule has 0 aromatic rings. The van der Waals surface area contributed by atoms with Gasteiger partial charge in [-0.05, 0) is 32.1 Å². The minimum atomic E-state index is -0.736. The molecule has 0 amide bonds. The molecule has 0 aromatic carbocycles. The molecular formula is C9H14O2. The van der Waals surface area contributed by atoms with Gasteiger partial charge in [0.2, 0.25) is 0 Å². The van der Waals surface area contributed by atoms with E-state index in [1.54, 1.807) is 0 Å². The number of carbonyl (C=O) groups excluding carboxylic acids is 1. The van der Waals surface area contributed by atoms with Gasteiger partial charge in [-0.2, -0.15) is 0 Å². The molecular weight excluding hydrogens is 140 g/mol. The fourth-order valence-electron chi connectivity index (χ4n) is 1.44. The summed E-state index contributed by atoms with van der Waals surface area (Å²) in [5.74, 6) is 0.0581. The van der Waals surface area contributed by atoms with Crippen LogP contribution in [0.2, 0.25) is 0 Å². The van der Waals surface area contributed by atoms with E-state index < -0.39 is 6.10 Å². The highest BCUT2D eigenvalue weighted by Gasteiger charge is 2.22. The number of rotatable bonds is 2. The summed E-state index contributed by atoms with van der Waals surface area (Å²) in [5, 5.41) is 9.37. The Morgan fingerprint density at radius 1 is 1.64 bits per heavy atom. The zero-order chi connectivity index (χ0) is 8.27. The Morgan fingerprint density at radius 3 is 2.82 bits per heavy atom. The molecule has 1 aliphatic carbocycles. The Morgan fingerprint density at radius 2 is 2.36 bits per heavy atom. The molecule has 1 rings (SSSR count). The average Bonchev–Trinajstić information content (AvgIpc) is 2.05. The molecule has 0 bridgehead atoms. The molecule has 62 valence electrons. The van der Waals surface area contributed by atoms with Crippen LogP contribution in [0.5, 0.6) is 0 Å². The molecule has 0 aliphatic heterocycles. The van der Waals surface area contributed by atoms with Crippen molar-refractivity contribution in [2.45, 2.75) is 32.3 Å². The molecule has 0 heterocycles. The zero-order valence-electron chi connectivity index (χ0n) is 6.79. The highest BCUT2D eigenvalue weighted by Crippen LogP contribution is 2.21. The smallest absolute Gasteiger partial charge is 0.158 e. The largest absolute Gasteiger partial charge is 0.385 e. The second kappa shape index (κ2) is 3.67. The summed E-state index contributed by atoms with van der Waals surface area (Å²) in [5.41, 5.74) is 0. The van der Waals surface area contributed by atoms with Crippen molar-refractivity contribution in [3.05, 3.63) is 12.2 Å². The van der Waals surface area contributed by atoms with Crippen LogP contribution in [-0.2, 0) is 4.79 Å². The van der Waals surface area contributed by atoms with Gasteiger partial charge in [0.25, 0.3) is 0 Å². The minimum Gasteiger partial charge on any atom is -0.385 e. The number of Topliss-reactive ketones (excluding diaryl/α,β-unsaturated/α-hetero) is 1. The highest BCUT2D eigenvalue weighted by molar-refractivity contribution is 5.80. The molecule has 0 saturated carbocycles. The van der Waals surface area contributed by atoms with Gasteiger partial charge in [0, 0.05) is 0 Å². The van der Waals surface area contributed by atoms with E-state index in [2.05, 4.69) is 6.08 Å². The molecule has 2 heteroatoms. The first-order valence-electron chi connectivity index (χ1n) is 4.05. The Balaban J connectivity index is 2.46. The van der Waals surface area contributed by atoms with Gasteiger partial charge in [-0.25, -0.2) is 0 Å². The number of hydrogen-bond donors (Lipinski definition) is 1. The highest BCUT2D eigenvalue weighted by atomic mass is 16.3. The monoisotopic (exact) mass is 154 g/mol. The number of ketones is 1. The third-order valence-corrected chi connectivity index (χ3v) is 2.17. The zero-order valence-corrected chi connectivity index (χ0v) is 6.79. The molecule has 2 nitrogen and oxygen atoms in total. The Bertz CT molecular complexity index is 172. The van der Waals surface area contributed by atoms with E-state index in [0.29, 0.717) is 0 Å². The van der Waals surface area contributed by atoms with Crippen LogP contribution in [0.4, 0.5) is 0 Å². The van der Waals surface area contributed by atoms with E-state index in [1.165, 1.54) is 6.92 Å². The van der Waals surface area contributed by atoms with E-state index in [0.717, 1.165) is 19.3 Å². The van der Waals surface area contributed by atoms with Gasteiger partial charge in [0.1, 0.15) is 6.10 Å². The lowest BCUT2D eigenvalue weighted by Gasteiger charge is -2.21. The Labute approximate surface area is 66.9 Å². The van der Waals surface area contributed by atoms with Gasteiger partial charge >= 0.3 is 0 Å².